The van der Waals surface area contributed by atoms with Crippen molar-refractivity contribution in [2.45, 2.75) is 20.1 Å². The predicted octanol–water partition coefficient (Wildman–Crippen LogP) is 5.30. The lowest BCUT2D eigenvalue weighted by molar-refractivity contribution is -0.0514. The van der Waals surface area contributed by atoms with Crippen LogP contribution in [-0.4, -0.2) is 28.2 Å². The van der Waals surface area contributed by atoms with Gasteiger partial charge in [0.15, 0.2) is 17.3 Å². The number of anilines is 1. The fourth-order valence-electron chi connectivity index (χ4n) is 3.15. The molecule has 158 valence electrons. The van der Waals surface area contributed by atoms with Gasteiger partial charge in [0, 0.05) is 29.9 Å². The highest BCUT2D eigenvalue weighted by Crippen LogP contribution is 2.31. The van der Waals surface area contributed by atoms with E-state index in [2.05, 4.69) is 25.0 Å². The summed E-state index contributed by atoms with van der Waals surface area (Å²) in [6.45, 7) is -0.393. The normalized spacial score (nSPS) is 11.0. The van der Waals surface area contributed by atoms with Crippen molar-refractivity contribution in [2.75, 3.05) is 11.9 Å². The Kier molecular flexibility index (Phi) is 6.16. The maximum Gasteiger partial charge on any atom is 0.387 e. The van der Waals surface area contributed by atoms with E-state index < -0.39 is 6.61 Å². The number of alkyl halides is 2. The Balaban J connectivity index is 1.63. The topological polar surface area (TPSA) is 69.2 Å². The van der Waals surface area contributed by atoms with Gasteiger partial charge in [-0.2, -0.15) is 8.78 Å². The molecule has 0 unspecified atom stereocenters. The number of halogens is 2. The first kappa shape index (κ1) is 20.5. The summed E-state index contributed by atoms with van der Waals surface area (Å²) < 4.78 is 35.2. The van der Waals surface area contributed by atoms with Crippen LogP contribution in [0.4, 0.5) is 14.6 Å². The summed E-state index contributed by atoms with van der Waals surface area (Å²) in [7, 11) is 0. The first-order valence-electron chi connectivity index (χ1n) is 9.75. The molecular weight excluding hydrogens is 402 g/mol. The van der Waals surface area contributed by atoms with Crippen LogP contribution in [0.25, 0.3) is 22.3 Å². The van der Waals surface area contributed by atoms with E-state index in [1.165, 1.54) is 6.07 Å². The van der Waals surface area contributed by atoms with Gasteiger partial charge in [-0.15, -0.1) is 0 Å². The molecule has 2 aromatic heterocycles. The molecule has 0 aliphatic carbocycles. The third kappa shape index (κ3) is 4.85. The lowest BCUT2D eigenvalue weighted by atomic mass is 10.1. The Labute approximate surface area is 177 Å². The minimum absolute atomic E-state index is 0.00643. The van der Waals surface area contributed by atoms with Gasteiger partial charge in [-0.1, -0.05) is 18.2 Å². The Morgan fingerprint density at radius 1 is 1.00 bits per heavy atom. The fraction of sp³-hybridized carbons (Fsp3) is 0.174. The monoisotopic (exact) mass is 422 g/mol. The van der Waals surface area contributed by atoms with Gasteiger partial charge in [-0.25, -0.2) is 9.97 Å². The predicted molar refractivity (Wildman–Crippen MR) is 114 cm³/mol. The number of nitrogens with one attached hydrogen (secondary N) is 1. The highest BCUT2D eigenvalue weighted by Gasteiger charge is 2.13. The number of para-hydroxylation sites is 1. The van der Waals surface area contributed by atoms with Crippen LogP contribution in [0.1, 0.15) is 12.5 Å². The Morgan fingerprint density at radius 2 is 1.87 bits per heavy atom. The average Bonchev–Trinajstić information content (AvgIpc) is 2.79. The quantitative estimate of drug-likeness (QED) is 0.415. The van der Waals surface area contributed by atoms with Gasteiger partial charge in [0.2, 0.25) is 0 Å². The van der Waals surface area contributed by atoms with E-state index in [1.54, 1.807) is 31.5 Å². The van der Waals surface area contributed by atoms with E-state index in [9.17, 15) is 8.78 Å². The SMILES string of the molecule is CCOc1cc(CNc2nc(-c3cccnc3)nc3ccccc23)ccc1OC(F)F. The Bertz CT molecular complexity index is 1170. The summed E-state index contributed by atoms with van der Waals surface area (Å²) in [6, 6.07) is 16.3. The molecule has 0 aliphatic rings. The molecule has 1 N–H and O–H groups in total. The number of ether oxygens (including phenoxy) is 2. The van der Waals surface area contributed by atoms with Crippen molar-refractivity contribution in [3.63, 3.8) is 0 Å². The second kappa shape index (κ2) is 9.34. The molecule has 0 saturated carbocycles. The van der Waals surface area contributed by atoms with Crippen LogP contribution in [-0.2, 0) is 6.54 Å². The van der Waals surface area contributed by atoms with E-state index in [1.807, 2.05) is 36.4 Å². The van der Waals surface area contributed by atoms with Crippen molar-refractivity contribution in [3.8, 4) is 22.9 Å². The minimum atomic E-state index is -2.92. The van der Waals surface area contributed by atoms with E-state index in [0.29, 0.717) is 24.8 Å². The van der Waals surface area contributed by atoms with E-state index in [-0.39, 0.29) is 11.5 Å². The van der Waals surface area contributed by atoms with Crippen LogP contribution in [0.3, 0.4) is 0 Å². The van der Waals surface area contributed by atoms with Crippen molar-refractivity contribution in [3.05, 3.63) is 72.6 Å². The molecular formula is C23H20F2N4O2. The standard InChI is InChI=1S/C23H20F2N4O2/c1-2-30-20-12-15(9-10-19(20)31-23(24)25)13-27-22-17-7-3-4-8-18(17)28-21(29-22)16-6-5-11-26-14-16/h3-12,14,23H,2,13H2,1H3,(H,27,28,29). The molecule has 0 amide bonds. The zero-order valence-corrected chi connectivity index (χ0v) is 16.8. The summed E-state index contributed by atoms with van der Waals surface area (Å²) in [5.41, 5.74) is 2.44. The van der Waals surface area contributed by atoms with Gasteiger partial charge >= 0.3 is 6.61 Å². The van der Waals surface area contributed by atoms with Gasteiger partial charge in [-0.3, -0.25) is 4.98 Å². The molecule has 0 fully saturated rings. The maximum absolute atomic E-state index is 12.6. The van der Waals surface area contributed by atoms with Crippen molar-refractivity contribution in [1.82, 2.24) is 15.0 Å². The number of pyridine rings is 1. The minimum Gasteiger partial charge on any atom is -0.490 e. The molecule has 0 spiro atoms. The van der Waals surface area contributed by atoms with E-state index in [0.717, 1.165) is 22.0 Å². The van der Waals surface area contributed by atoms with Crippen molar-refractivity contribution < 1.29 is 18.3 Å². The largest absolute Gasteiger partial charge is 0.490 e. The first-order valence-corrected chi connectivity index (χ1v) is 9.75. The number of aromatic nitrogens is 3. The van der Waals surface area contributed by atoms with Gasteiger partial charge in [-0.05, 0) is 48.9 Å². The van der Waals surface area contributed by atoms with Crippen molar-refractivity contribution in [2.24, 2.45) is 0 Å². The van der Waals surface area contributed by atoms with Crippen molar-refractivity contribution >= 4 is 16.7 Å². The molecule has 31 heavy (non-hydrogen) atoms. The van der Waals surface area contributed by atoms with Crippen LogP contribution in [0.15, 0.2) is 67.0 Å². The molecule has 0 atom stereocenters. The van der Waals surface area contributed by atoms with Gasteiger partial charge in [0.1, 0.15) is 5.82 Å². The number of hydrogen-bond acceptors (Lipinski definition) is 6. The summed E-state index contributed by atoms with van der Waals surface area (Å²) in [5.74, 6) is 1.50. The lowest BCUT2D eigenvalue weighted by Gasteiger charge is -2.14. The summed E-state index contributed by atoms with van der Waals surface area (Å²) in [4.78, 5) is 13.5. The smallest absolute Gasteiger partial charge is 0.387 e. The van der Waals surface area contributed by atoms with Crippen LogP contribution in [0, 0.1) is 0 Å². The zero-order chi connectivity index (χ0) is 21.6. The van der Waals surface area contributed by atoms with E-state index >= 15 is 0 Å². The number of rotatable bonds is 8. The van der Waals surface area contributed by atoms with Gasteiger partial charge in [0.05, 0.1) is 12.1 Å². The molecule has 0 bridgehead atoms. The summed E-state index contributed by atoms with van der Waals surface area (Å²) in [5, 5.41) is 4.20. The molecule has 2 aromatic carbocycles. The maximum atomic E-state index is 12.6. The highest BCUT2D eigenvalue weighted by atomic mass is 19.3. The van der Waals surface area contributed by atoms with Crippen molar-refractivity contribution in [1.29, 1.82) is 0 Å². The second-order valence-corrected chi connectivity index (χ2v) is 6.60. The molecule has 0 aliphatic heterocycles. The van der Waals surface area contributed by atoms with Crippen LogP contribution in [0.2, 0.25) is 0 Å². The lowest BCUT2D eigenvalue weighted by Crippen LogP contribution is -2.07. The molecule has 6 nitrogen and oxygen atoms in total. The first-order chi connectivity index (χ1) is 15.1. The molecule has 8 heteroatoms. The number of nitrogens with zero attached hydrogens (tertiary/aromatic N) is 3. The zero-order valence-electron chi connectivity index (χ0n) is 16.8. The van der Waals surface area contributed by atoms with E-state index in [4.69, 9.17) is 4.74 Å². The average molecular weight is 422 g/mol. The fourth-order valence-corrected chi connectivity index (χ4v) is 3.15. The van der Waals surface area contributed by atoms with Gasteiger partial charge in [0.25, 0.3) is 0 Å². The molecule has 4 rings (SSSR count). The number of fused-ring (bicyclic) bond motifs is 1. The number of benzene rings is 2. The van der Waals surface area contributed by atoms with Gasteiger partial charge < -0.3 is 14.8 Å². The second-order valence-electron chi connectivity index (χ2n) is 6.60. The summed E-state index contributed by atoms with van der Waals surface area (Å²) in [6.07, 6.45) is 3.41. The van der Waals surface area contributed by atoms with Crippen LogP contribution >= 0.6 is 0 Å². The molecule has 4 aromatic rings. The third-order valence-electron chi connectivity index (χ3n) is 4.51. The molecule has 0 radical (unpaired) electrons. The molecule has 2 heterocycles. The Morgan fingerprint density at radius 3 is 2.65 bits per heavy atom. The Hall–Kier alpha value is -3.81. The highest BCUT2D eigenvalue weighted by molar-refractivity contribution is 5.90. The van der Waals surface area contributed by atoms with Crippen LogP contribution < -0.4 is 14.8 Å². The molecule has 0 saturated heterocycles. The number of hydrogen-bond donors (Lipinski definition) is 1. The summed E-state index contributed by atoms with van der Waals surface area (Å²) >= 11 is 0. The van der Waals surface area contributed by atoms with Crippen LogP contribution in [0.5, 0.6) is 11.5 Å². The third-order valence-corrected chi connectivity index (χ3v) is 4.51.